The van der Waals surface area contributed by atoms with Crippen molar-refractivity contribution in [3.8, 4) is 0 Å². The predicted octanol–water partition coefficient (Wildman–Crippen LogP) is 2.79. The molecule has 0 radical (unpaired) electrons. The van der Waals surface area contributed by atoms with Crippen molar-refractivity contribution in [1.82, 2.24) is 19.3 Å². The Morgan fingerprint density at radius 1 is 1.47 bits per heavy atom. The molecule has 3 rings (SSSR count). The zero-order valence-corrected chi connectivity index (χ0v) is 11.2. The summed E-state index contributed by atoms with van der Waals surface area (Å²) in [5.74, 6) is 0.806. The van der Waals surface area contributed by atoms with Crippen LogP contribution in [0, 0.1) is 10.7 Å². The zero-order chi connectivity index (χ0) is 12.0. The molecule has 0 bridgehead atoms. The number of H-pyrrole nitrogens is 1. The van der Waals surface area contributed by atoms with E-state index in [-0.39, 0.29) is 0 Å². The first-order valence-corrected chi connectivity index (χ1v) is 6.76. The topological polar surface area (TPSA) is 38.5 Å². The fraction of sp³-hybridized carbons (Fsp3) is 0.667. The van der Waals surface area contributed by atoms with E-state index in [4.69, 9.17) is 12.2 Å². The third-order valence-corrected chi connectivity index (χ3v) is 4.15. The van der Waals surface area contributed by atoms with Crippen LogP contribution in [0.5, 0.6) is 0 Å². The molecule has 17 heavy (non-hydrogen) atoms. The van der Waals surface area contributed by atoms with Crippen molar-refractivity contribution in [2.45, 2.75) is 39.2 Å². The van der Waals surface area contributed by atoms with Crippen LogP contribution in [0.4, 0.5) is 0 Å². The van der Waals surface area contributed by atoms with Gasteiger partial charge in [-0.2, -0.15) is 5.10 Å². The largest absolute Gasteiger partial charge is 0.328 e. The molecule has 0 unspecified atom stereocenters. The van der Waals surface area contributed by atoms with E-state index in [0.717, 1.165) is 40.5 Å². The second kappa shape index (κ2) is 3.98. The minimum Gasteiger partial charge on any atom is -0.328 e. The summed E-state index contributed by atoms with van der Waals surface area (Å²) in [7, 11) is 2.00. The lowest BCUT2D eigenvalue weighted by Gasteiger charge is -2.25. The van der Waals surface area contributed by atoms with Gasteiger partial charge in [0.05, 0.1) is 5.69 Å². The molecular formula is C12H18N4S. The van der Waals surface area contributed by atoms with Gasteiger partial charge in [0.2, 0.25) is 0 Å². The highest BCUT2D eigenvalue weighted by Gasteiger charge is 2.21. The van der Waals surface area contributed by atoms with Gasteiger partial charge in [-0.3, -0.25) is 4.68 Å². The predicted molar refractivity (Wildman–Crippen MR) is 70.6 cm³/mol. The molecule has 0 atom stereocenters. The molecule has 1 N–H and O–H groups in total. The summed E-state index contributed by atoms with van der Waals surface area (Å²) < 4.78 is 5.02. The van der Waals surface area contributed by atoms with Gasteiger partial charge < -0.3 is 9.55 Å². The number of aryl methyl sites for hydroxylation is 2. The Labute approximate surface area is 106 Å². The summed E-state index contributed by atoms with van der Waals surface area (Å²) in [6.45, 7) is 3.17. The summed E-state index contributed by atoms with van der Waals surface area (Å²) in [4.78, 5) is 3.32. The molecule has 4 nitrogen and oxygen atoms in total. The van der Waals surface area contributed by atoms with Crippen molar-refractivity contribution >= 4 is 23.4 Å². The van der Waals surface area contributed by atoms with Crippen LogP contribution in [-0.4, -0.2) is 19.3 Å². The van der Waals surface area contributed by atoms with Gasteiger partial charge in [0.1, 0.15) is 5.52 Å². The minimum atomic E-state index is 0.806. The number of hydrogen-bond donors (Lipinski definition) is 1. The molecule has 1 fully saturated rings. The highest BCUT2D eigenvalue weighted by molar-refractivity contribution is 7.71. The lowest BCUT2D eigenvalue weighted by Crippen LogP contribution is -2.18. The summed E-state index contributed by atoms with van der Waals surface area (Å²) in [6.07, 6.45) is 4.99. The van der Waals surface area contributed by atoms with E-state index < -0.39 is 0 Å². The highest BCUT2D eigenvalue weighted by Crippen LogP contribution is 2.29. The van der Waals surface area contributed by atoms with Gasteiger partial charge in [-0.1, -0.05) is 13.3 Å². The van der Waals surface area contributed by atoms with Gasteiger partial charge in [0.25, 0.3) is 0 Å². The van der Waals surface area contributed by atoms with E-state index in [9.17, 15) is 0 Å². The highest BCUT2D eigenvalue weighted by atomic mass is 32.1. The van der Waals surface area contributed by atoms with Gasteiger partial charge >= 0.3 is 0 Å². The van der Waals surface area contributed by atoms with Crippen molar-refractivity contribution in [3.05, 3.63) is 10.5 Å². The van der Waals surface area contributed by atoms with Crippen molar-refractivity contribution < 1.29 is 0 Å². The lowest BCUT2D eigenvalue weighted by molar-refractivity contribution is 0.277. The molecule has 5 heteroatoms. The van der Waals surface area contributed by atoms with E-state index in [1.165, 1.54) is 19.3 Å². The van der Waals surface area contributed by atoms with Crippen LogP contribution in [0.15, 0.2) is 0 Å². The van der Waals surface area contributed by atoms with Crippen LogP contribution in [0.1, 0.15) is 31.9 Å². The number of rotatable bonds is 3. The summed E-state index contributed by atoms with van der Waals surface area (Å²) >= 11 is 5.43. The van der Waals surface area contributed by atoms with Gasteiger partial charge in [-0.05, 0) is 37.4 Å². The molecule has 0 amide bonds. The van der Waals surface area contributed by atoms with Crippen molar-refractivity contribution in [3.63, 3.8) is 0 Å². The number of nitrogens with one attached hydrogen (secondary N) is 1. The SMILES string of the molecule is CCc1nn(C)c2c1[nH]c(=S)n2CC1CCC1. The average molecular weight is 250 g/mol. The normalized spacial score (nSPS) is 16.6. The van der Waals surface area contributed by atoms with E-state index in [0.29, 0.717) is 0 Å². The molecular weight excluding hydrogens is 232 g/mol. The Balaban J connectivity index is 2.12. The molecule has 1 aliphatic carbocycles. The fourth-order valence-corrected chi connectivity index (χ4v) is 2.89. The maximum atomic E-state index is 5.43. The molecule has 0 aliphatic heterocycles. The van der Waals surface area contributed by atoms with Crippen LogP contribution in [-0.2, 0) is 20.0 Å². The van der Waals surface area contributed by atoms with E-state index in [2.05, 4.69) is 21.6 Å². The third-order valence-electron chi connectivity index (χ3n) is 3.82. The van der Waals surface area contributed by atoms with Crippen LogP contribution in [0.3, 0.4) is 0 Å². The maximum absolute atomic E-state index is 5.43. The van der Waals surface area contributed by atoms with Crippen molar-refractivity contribution in [1.29, 1.82) is 0 Å². The van der Waals surface area contributed by atoms with E-state index >= 15 is 0 Å². The number of aromatic amines is 1. The van der Waals surface area contributed by atoms with Gasteiger partial charge in [0.15, 0.2) is 10.4 Å². The quantitative estimate of drug-likeness (QED) is 0.851. The van der Waals surface area contributed by atoms with E-state index in [1.807, 2.05) is 11.7 Å². The number of hydrogen-bond acceptors (Lipinski definition) is 2. The van der Waals surface area contributed by atoms with Crippen LogP contribution < -0.4 is 0 Å². The Morgan fingerprint density at radius 2 is 2.24 bits per heavy atom. The Bertz CT molecular complexity index is 600. The molecule has 1 saturated carbocycles. The molecule has 0 saturated heterocycles. The van der Waals surface area contributed by atoms with Gasteiger partial charge in [-0.25, -0.2) is 0 Å². The van der Waals surface area contributed by atoms with E-state index in [1.54, 1.807) is 0 Å². The smallest absolute Gasteiger partial charge is 0.179 e. The fourth-order valence-electron chi connectivity index (χ4n) is 2.63. The number of nitrogens with zero attached hydrogens (tertiary/aromatic N) is 3. The second-order valence-electron chi connectivity index (χ2n) is 4.96. The first-order chi connectivity index (χ1) is 8.20. The number of fused-ring (bicyclic) bond motifs is 1. The Kier molecular flexibility index (Phi) is 2.58. The monoisotopic (exact) mass is 250 g/mol. The second-order valence-corrected chi connectivity index (χ2v) is 5.35. The molecule has 1 aliphatic rings. The maximum Gasteiger partial charge on any atom is 0.179 e. The van der Waals surface area contributed by atoms with Crippen molar-refractivity contribution in [2.75, 3.05) is 0 Å². The number of imidazole rings is 1. The first kappa shape index (κ1) is 11.0. The standard InChI is InChI=1S/C12H18N4S/c1-3-9-10-11(15(2)14-9)16(12(17)13-10)7-8-5-4-6-8/h8H,3-7H2,1-2H3,(H,13,17). The van der Waals surface area contributed by atoms with Crippen LogP contribution in [0.2, 0.25) is 0 Å². The van der Waals surface area contributed by atoms with Gasteiger partial charge in [-0.15, -0.1) is 0 Å². The van der Waals surface area contributed by atoms with Crippen molar-refractivity contribution in [2.24, 2.45) is 13.0 Å². The average Bonchev–Trinajstić information content (AvgIpc) is 2.71. The first-order valence-electron chi connectivity index (χ1n) is 6.35. The molecule has 2 heterocycles. The molecule has 0 aromatic carbocycles. The molecule has 0 spiro atoms. The molecule has 92 valence electrons. The van der Waals surface area contributed by atoms with Crippen LogP contribution in [0.25, 0.3) is 11.2 Å². The summed E-state index contributed by atoms with van der Waals surface area (Å²) in [6, 6.07) is 0. The lowest BCUT2D eigenvalue weighted by atomic mass is 9.85. The molecule has 2 aromatic heterocycles. The summed E-state index contributed by atoms with van der Waals surface area (Å²) in [5.41, 5.74) is 3.39. The zero-order valence-electron chi connectivity index (χ0n) is 10.4. The Hall–Kier alpha value is -1.10. The number of aromatic nitrogens is 4. The molecule has 2 aromatic rings. The third kappa shape index (κ3) is 1.64. The van der Waals surface area contributed by atoms with Crippen LogP contribution >= 0.6 is 12.2 Å². The summed E-state index contributed by atoms with van der Waals surface area (Å²) in [5, 5.41) is 4.54. The minimum absolute atomic E-state index is 0.806. The van der Waals surface area contributed by atoms with Gasteiger partial charge in [0, 0.05) is 13.6 Å². The Morgan fingerprint density at radius 3 is 2.82 bits per heavy atom.